The molecule has 1 aliphatic heterocycles. The third-order valence-electron chi connectivity index (χ3n) is 4.07. The fourth-order valence-electron chi connectivity index (χ4n) is 2.78. The highest BCUT2D eigenvalue weighted by molar-refractivity contribution is 7.87. The Morgan fingerprint density at radius 1 is 1.22 bits per heavy atom. The summed E-state index contributed by atoms with van der Waals surface area (Å²) in [5.74, 6) is -0.143. The van der Waals surface area contributed by atoms with Crippen LogP contribution in [0.25, 0.3) is 0 Å². The van der Waals surface area contributed by atoms with Crippen molar-refractivity contribution in [2.24, 2.45) is 10.9 Å². The SMILES string of the molecule is CC(C)(C)NC(=O)OCCCC[C@@H](N)C(=O)N1CCC(NS(N)(=O)=O)CC1. The zero-order chi connectivity index (χ0) is 20.7. The molecule has 11 heteroatoms. The molecule has 0 unspecified atom stereocenters. The van der Waals surface area contributed by atoms with Crippen molar-refractivity contribution in [1.82, 2.24) is 14.9 Å². The van der Waals surface area contributed by atoms with Crippen molar-refractivity contribution < 1.29 is 22.7 Å². The van der Waals surface area contributed by atoms with Crippen molar-refractivity contribution in [3.63, 3.8) is 0 Å². The minimum Gasteiger partial charge on any atom is -0.450 e. The maximum atomic E-state index is 12.4. The van der Waals surface area contributed by atoms with E-state index in [1.54, 1.807) is 4.90 Å². The molecule has 2 amide bonds. The van der Waals surface area contributed by atoms with E-state index in [0.717, 1.165) is 0 Å². The van der Waals surface area contributed by atoms with Crippen LogP contribution in [0, 0.1) is 0 Å². The molecular weight excluding hydrogens is 374 g/mol. The predicted octanol–water partition coefficient (Wildman–Crippen LogP) is -0.207. The Morgan fingerprint density at radius 3 is 2.33 bits per heavy atom. The summed E-state index contributed by atoms with van der Waals surface area (Å²) in [4.78, 5) is 25.5. The first-order valence-electron chi connectivity index (χ1n) is 9.17. The number of nitrogens with zero attached hydrogens (tertiary/aromatic N) is 1. The summed E-state index contributed by atoms with van der Waals surface area (Å²) in [5, 5.41) is 7.66. The Morgan fingerprint density at radius 2 is 1.81 bits per heavy atom. The highest BCUT2D eigenvalue weighted by Gasteiger charge is 2.27. The van der Waals surface area contributed by atoms with Crippen LogP contribution < -0.4 is 20.9 Å². The smallest absolute Gasteiger partial charge is 0.407 e. The molecule has 1 fully saturated rings. The number of piperidine rings is 1. The number of unbranched alkanes of at least 4 members (excludes halogenated alkanes) is 1. The summed E-state index contributed by atoms with van der Waals surface area (Å²) >= 11 is 0. The Balaban J connectivity index is 2.21. The molecule has 0 aromatic heterocycles. The minimum absolute atomic E-state index is 0.143. The van der Waals surface area contributed by atoms with Gasteiger partial charge in [0, 0.05) is 24.7 Å². The fraction of sp³-hybridized carbons (Fsp3) is 0.875. The molecule has 1 saturated heterocycles. The van der Waals surface area contributed by atoms with Gasteiger partial charge in [0.1, 0.15) is 0 Å². The van der Waals surface area contributed by atoms with E-state index < -0.39 is 22.3 Å². The van der Waals surface area contributed by atoms with E-state index in [-0.39, 0.29) is 24.1 Å². The Bertz CT molecular complexity index is 597. The Hall–Kier alpha value is -1.43. The summed E-state index contributed by atoms with van der Waals surface area (Å²) in [6, 6.07) is -0.868. The second kappa shape index (κ2) is 10.2. The van der Waals surface area contributed by atoms with Crippen molar-refractivity contribution in [3.8, 4) is 0 Å². The van der Waals surface area contributed by atoms with Gasteiger partial charge in [-0.05, 0) is 52.9 Å². The molecule has 6 N–H and O–H groups in total. The largest absolute Gasteiger partial charge is 0.450 e. The summed E-state index contributed by atoms with van der Waals surface area (Å²) in [7, 11) is -3.73. The van der Waals surface area contributed by atoms with Crippen molar-refractivity contribution in [3.05, 3.63) is 0 Å². The second-order valence-corrected chi connectivity index (χ2v) is 9.20. The molecule has 0 bridgehead atoms. The van der Waals surface area contributed by atoms with Gasteiger partial charge in [-0.3, -0.25) is 4.79 Å². The van der Waals surface area contributed by atoms with E-state index in [0.29, 0.717) is 45.2 Å². The third-order valence-corrected chi connectivity index (χ3v) is 4.74. The predicted molar refractivity (Wildman–Crippen MR) is 102 cm³/mol. The van der Waals surface area contributed by atoms with Gasteiger partial charge in [-0.1, -0.05) is 0 Å². The standard InChI is InChI=1S/C16H33N5O5S/c1-16(2,3)19-15(23)26-11-5-4-6-13(17)14(22)21-9-7-12(8-10-21)20-27(18,24)25/h12-13,20H,4-11,17H2,1-3H3,(H,19,23)(H2,18,24,25)/t13-/m1/s1. The van der Waals surface area contributed by atoms with Crippen LogP contribution in [0.3, 0.4) is 0 Å². The molecule has 27 heavy (non-hydrogen) atoms. The molecule has 0 saturated carbocycles. The van der Waals surface area contributed by atoms with E-state index in [1.807, 2.05) is 20.8 Å². The minimum atomic E-state index is -3.73. The van der Waals surface area contributed by atoms with Crippen molar-refractivity contribution in [2.45, 2.75) is 70.5 Å². The molecule has 1 rings (SSSR count). The number of hydrogen-bond acceptors (Lipinski definition) is 6. The number of nitrogens with two attached hydrogens (primary N) is 2. The highest BCUT2D eigenvalue weighted by atomic mass is 32.2. The van der Waals surface area contributed by atoms with Crippen LogP contribution in [0.4, 0.5) is 4.79 Å². The molecule has 158 valence electrons. The van der Waals surface area contributed by atoms with E-state index >= 15 is 0 Å². The van der Waals surface area contributed by atoms with Gasteiger partial charge < -0.3 is 20.7 Å². The number of carbonyl (C=O) groups is 2. The molecule has 1 aliphatic rings. The average molecular weight is 408 g/mol. The number of nitrogens with one attached hydrogen (secondary N) is 2. The average Bonchev–Trinajstić information content (AvgIpc) is 2.51. The van der Waals surface area contributed by atoms with Crippen molar-refractivity contribution >= 4 is 22.2 Å². The van der Waals surface area contributed by atoms with Gasteiger partial charge in [-0.15, -0.1) is 0 Å². The van der Waals surface area contributed by atoms with Crippen LogP contribution in [0.1, 0.15) is 52.9 Å². The van der Waals surface area contributed by atoms with E-state index in [4.69, 9.17) is 15.6 Å². The first kappa shape index (κ1) is 23.6. The lowest BCUT2D eigenvalue weighted by molar-refractivity contribution is -0.133. The summed E-state index contributed by atoms with van der Waals surface area (Å²) in [5.41, 5.74) is 5.62. The normalized spacial score (nSPS) is 17.4. The first-order valence-corrected chi connectivity index (χ1v) is 10.7. The van der Waals surface area contributed by atoms with Crippen LogP contribution in [-0.2, 0) is 19.7 Å². The van der Waals surface area contributed by atoms with Gasteiger partial charge in [-0.25, -0.2) is 9.93 Å². The van der Waals surface area contributed by atoms with Crippen molar-refractivity contribution in [1.29, 1.82) is 0 Å². The Labute approximate surface area is 161 Å². The maximum Gasteiger partial charge on any atom is 0.407 e. The van der Waals surface area contributed by atoms with Crippen LogP contribution in [-0.4, -0.2) is 62.6 Å². The van der Waals surface area contributed by atoms with Gasteiger partial charge in [0.2, 0.25) is 5.91 Å². The lowest BCUT2D eigenvalue weighted by Gasteiger charge is -2.33. The second-order valence-electron chi connectivity index (χ2n) is 7.88. The van der Waals surface area contributed by atoms with E-state index in [2.05, 4.69) is 10.0 Å². The quantitative estimate of drug-likeness (QED) is 0.408. The molecule has 0 aromatic carbocycles. The molecule has 10 nitrogen and oxygen atoms in total. The number of ether oxygens (including phenoxy) is 1. The lowest BCUT2D eigenvalue weighted by atomic mass is 10.0. The number of rotatable bonds is 8. The zero-order valence-electron chi connectivity index (χ0n) is 16.4. The maximum absolute atomic E-state index is 12.4. The van der Waals surface area contributed by atoms with Gasteiger partial charge in [0.05, 0.1) is 12.6 Å². The van der Waals surface area contributed by atoms with Gasteiger partial charge >= 0.3 is 6.09 Å². The molecule has 0 aromatic rings. The molecule has 1 heterocycles. The number of alkyl carbamates (subject to hydrolysis) is 1. The van der Waals surface area contributed by atoms with Gasteiger partial charge in [0.15, 0.2) is 0 Å². The molecule has 0 spiro atoms. The third kappa shape index (κ3) is 10.5. The molecule has 0 radical (unpaired) electrons. The molecule has 0 aliphatic carbocycles. The zero-order valence-corrected chi connectivity index (χ0v) is 17.2. The fourth-order valence-corrected chi connectivity index (χ4v) is 3.48. The van der Waals surface area contributed by atoms with E-state index in [1.165, 1.54) is 0 Å². The summed E-state index contributed by atoms with van der Waals surface area (Å²) < 4.78 is 29.5. The van der Waals surface area contributed by atoms with Crippen LogP contribution >= 0.6 is 0 Å². The van der Waals surface area contributed by atoms with E-state index in [9.17, 15) is 18.0 Å². The molecule has 1 atom stereocenters. The van der Waals surface area contributed by atoms with Gasteiger partial charge in [-0.2, -0.15) is 13.1 Å². The van der Waals surface area contributed by atoms with Crippen molar-refractivity contribution in [2.75, 3.05) is 19.7 Å². The number of likely N-dealkylation sites (tertiary alicyclic amines) is 1. The number of carbonyl (C=O) groups excluding carboxylic acids is 2. The summed E-state index contributed by atoms with van der Waals surface area (Å²) in [6.45, 7) is 6.76. The highest BCUT2D eigenvalue weighted by Crippen LogP contribution is 2.13. The van der Waals surface area contributed by atoms with Gasteiger partial charge in [0.25, 0.3) is 10.2 Å². The van der Waals surface area contributed by atoms with Crippen LogP contribution in [0.15, 0.2) is 0 Å². The topological polar surface area (TPSA) is 157 Å². The lowest BCUT2D eigenvalue weighted by Crippen LogP contribution is -2.51. The first-order chi connectivity index (χ1) is 12.4. The molecular formula is C16H33N5O5S. The monoisotopic (exact) mass is 407 g/mol. The van der Waals surface area contributed by atoms with Crippen LogP contribution in [0.2, 0.25) is 0 Å². The summed E-state index contributed by atoms with van der Waals surface area (Å²) in [6.07, 6.45) is 2.34. The number of amides is 2. The Kier molecular flexibility index (Phi) is 8.92. The number of hydrogen-bond donors (Lipinski definition) is 4. The van der Waals surface area contributed by atoms with Crippen LogP contribution in [0.5, 0.6) is 0 Å².